The topological polar surface area (TPSA) is 98.2 Å². The van der Waals surface area contributed by atoms with Crippen molar-refractivity contribution in [1.82, 2.24) is 15.3 Å². The number of aryl methyl sites for hydroxylation is 1. The Morgan fingerprint density at radius 2 is 1.84 bits per heavy atom. The number of aromatic amines is 1. The largest absolute Gasteiger partial charge is 0.481 e. The van der Waals surface area contributed by atoms with Crippen LogP contribution in [0.5, 0.6) is 0 Å². The fraction of sp³-hybridized carbons (Fsp3) is 0.200. The minimum atomic E-state index is -1.01. The maximum absolute atomic E-state index is 10.6. The average Bonchev–Trinajstić information content (AvgIpc) is 3.20. The predicted octanol–water partition coefficient (Wildman–Crippen LogP) is 4.13. The molecule has 0 bridgehead atoms. The summed E-state index contributed by atoms with van der Waals surface area (Å²) in [4.78, 5) is 18.9. The number of nitrogens with one attached hydrogen (secondary N) is 2. The summed E-state index contributed by atoms with van der Waals surface area (Å²) in [6.07, 6.45) is -1.17. The van der Waals surface area contributed by atoms with Gasteiger partial charge >= 0.3 is 5.97 Å². The number of hydrogen-bond acceptors (Lipinski definition) is 4. The smallest absolute Gasteiger partial charge is 0.306 e. The minimum absolute atomic E-state index is 0.225. The van der Waals surface area contributed by atoms with E-state index in [4.69, 9.17) is 10.1 Å². The van der Waals surface area contributed by atoms with Crippen LogP contribution in [0.3, 0.4) is 0 Å². The summed E-state index contributed by atoms with van der Waals surface area (Å²) in [7, 11) is 0. The molecule has 1 aromatic heterocycles. The standard InChI is InChI=1S/C25H25N3O3/c1-16-21(18-7-3-2-4-8-18)10-11-22-24(16)28-25(27-22)19-9-5-6-17(12-19)14-26-15-20(29)13-23(30)31/h2-12,20,26,29H,13-15H2,1H3,(H,27,28)(H,30,31)/t20-/m1/s1. The molecule has 3 aromatic carbocycles. The number of nitrogens with zero attached hydrogens (tertiary/aromatic N) is 1. The lowest BCUT2D eigenvalue weighted by Gasteiger charge is -2.10. The second kappa shape index (κ2) is 9.12. The third kappa shape index (κ3) is 4.82. The number of rotatable bonds is 8. The van der Waals surface area contributed by atoms with Crippen LogP contribution >= 0.6 is 0 Å². The lowest BCUT2D eigenvalue weighted by atomic mass is 9.99. The molecule has 0 spiro atoms. The Kier molecular flexibility index (Phi) is 6.11. The summed E-state index contributed by atoms with van der Waals surface area (Å²) in [5.41, 5.74) is 7.43. The van der Waals surface area contributed by atoms with Gasteiger partial charge in [0, 0.05) is 18.7 Å². The third-order valence-corrected chi connectivity index (χ3v) is 5.31. The second-order valence-electron chi connectivity index (χ2n) is 7.67. The Labute approximate surface area is 180 Å². The van der Waals surface area contributed by atoms with Gasteiger partial charge in [-0.1, -0.05) is 54.6 Å². The zero-order chi connectivity index (χ0) is 21.8. The first kappa shape index (κ1) is 20.8. The molecular formula is C25H25N3O3. The number of aliphatic carboxylic acids is 1. The van der Waals surface area contributed by atoms with Crippen LogP contribution in [0, 0.1) is 6.92 Å². The van der Waals surface area contributed by atoms with Crippen LogP contribution < -0.4 is 5.32 Å². The lowest BCUT2D eigenvalue weighted by Crippen LogP contribution is -2.28. The van der Waals surface area contributed by atoms with Gasteiger partial charge < -0.3 is 20.5 Å². The third-order valence-electron chi connectivity index (χ3n) is 5.31. The van der Waals surface area contributed by atoms with Crippen molar-refractivity contribution in [2.75, 3.05) is 6.54 Å². The Bertz CT molecular complexity index is 1200. The van der Waals surface area contributed by atoms with E-state index >= 15 is 0 Å². The molecule has 0 radical (unpaired) electrons. The van der Waals surface area contributed by atoms with Crippen molar-refractivity contribution < 1.29 is 15.0 Å². The molecule has 0 aliphatic heterocycles. The molecule has 0 aliphatic rings. The molecule has 0 saturated heterocycles. The second-order valence-corrected chi connectivity index (χ2v) is 7.67. The highest BCUT2D eigenvalue weighted by atomic mass is 16.4. The predicted molar refractivity (Wildman–Crippen MR) is 122 cm³/mol. The van der Waals surface area contributed by atoms with Gasteiger partial charge in [0.1, 0.15) is 5.82 Å². The number of aliphatic hydroxyl groups excluding tert-OH is 1. The number of aromatic nitrogens is 2. The van der Waals surface area contributed by atoms with E-state index in [1.54, 1.807) is 0 Å². The summed E-state index contributed by atoms with van der Waals surface area (Å²) >= 11 is 0. The lowest BCUT2D eigenvalue weighted by molar-refractivity contribution is -0.139. The number of aliphatic hydroxyl groups is 1. The van der Waals surface area contributed by atoms with Crippen molar-refractivity contribution in [2.45, 2.75) is 26.0 Å². The SMILES string of the molecule is Cc1c(-c2ccccc2)ccc2[nH]c(-c3cccc(CNC[C@H](O)CC(=O)O)c3)nc12. The number of carboxylic acids is 1. The zero-order valence-corrected chi connectivity index (χ0v) is 17.3. The number of H-pyrrole nitrogens is 1. The van der Waals surface area contributed by atoms with Crippen molar-refractivity contribution in [1.29, 1.82) is 0 Å². The molecule has 0 amide bonds. The quantitative estimate of drug-likeness (QED) is 0.347. The average molecular weight is 415 g/mol. The molecule has 158 valence electrons. The highest BCUT2D eigenvalue weighted by Crippen LogP contribution is 2.30. The molecular weight excluding hydrogens is 390 g/mol. The van der Waals surface area contributed by atoms with E-state index in [9.17, 15) is 9.90 Å². The maximum Gasteiger partial charge on any atom is 0.306 e. The number of carbonyl (C=O) groups is 1. The molecule has 0 aliphatic carbocycles. The summed E-state index contributed by atoms with van der Waals surface area (Å²) in [5, 5.41) is 21.5. The van der Waals surface area contributed by atoms with Gasteiger partial charge in [-0.15, -0.1) is 0 Å². The van der Waals surface area contributed by atoms with Crippen LogP contribution in [0.2, 0.25) is 0 Å². The van der Waals surface area contributed by atoms with Gasteiger partial charge in [0.15, 0.2) is 0 Å². The van der Waals surface area contributed by atoms with E-state index < -0.39 is 12.1 Å². The minimum Gasteiger partial charge on any atom is -0.481 e. The fourth-order valence-electron chi connectivity index (χ4n) is 3.77. The van der Waals surface area contributed by atoms with Crippen LogP contribution in [0.15, 0.2) is 66.7 Å². The van der Waals surface area contributed by atoms with E-state index in [-0.39, 0.29) is 13.0 Å². The van der Waals surface area contributed by atoms with Crippen molar-refractivity contribution in [2.24, 2.45) is 0 Å². The molecule has 6 nitrogen and oxygen atoms in total. The summed E-state index contributed by atoms with van der Waals surface area (Å²) in [6.45, 7) is 2.85. The Morgan fingerprint density at radius 1 is 1.06 bits per heavy atom. The molecule has 0 unspecified atom stereocenters. The van der Waals surface area contributed by atoms with Gasteiger partial charge in [-0.25, -0.2) is 4.98 Å². The van der Waals surface area contributed by atoms with Gasteiger partial charge in [-0.3, -0.25) is 4.79 Å². The van der Waals surface area contributed by atoms with Crippen molar-refractivity contribution in [3.8, 4) is 22.5 Å². The molecule has 0 fully saturated rings. The van der Waals surface area contributed by atoms with E-state index in [1.165, 1.54) is 11.1 Å². The molecule has 6 heteroatoms. The maximum atomic E-state index is 10.6. The number of carboxylic acid groups (broad SMARTS) is 1. The van der Waals surface area contributed by atoms with Crippen molar-refractivity contribution in [3.05, 3.63) is 77.9 Å². The van der Waals surface area contributed by atoms with Crippen LogP contribution in [0.1, 0.15) is 17.5 Å². The Morgan fingerprint density at radius 3 is 2.61 bits per heavy atom. The first-order valence-corrected chi connectivity index (χ1v) is 10.3. The first-order chi connectivity index (χ1) is 15.0. The number of fused-ring (bicyclic) bond motifs is 1. The fourth-order valence-corrected chi connectivity index (χ4v) is 3.77. The molecule has 1 atom stereocenters. The van der Waals surface area contributed by atoms with Gasteiger partial charge in [-0.05, 0) is 41.3 Å². The number of hydrogen-bond donors (Lipinski definition) is 4. The van der Waals surface area contributed by atoms with Crippen LogP contribution in [0.4, 0.5) is 0 Å². The van der Waals surface area contributed by atoms with E-state index in [0.717, 1.165) is 33.5 Å². The highest BCUT2D eigenvalue weighted by Gasteiger charge is 2.12. The summed E-state index contributed by atoms with van der Waals surface area (Å²) < 4.78 is 0. The molecule has 31 heavy (non-hydrogen) atoms. The number of benzene rings is 3. The molecule has 4 N–H and O–H groups in total. The van der Waals surface area contributed by atoms with Crippen molar-refractivity contribution >= 4 is 17.0 Å². The monoisotopic (exact) mass is 415 g/mol. The normalized spacial score (nSPS) is 12.2. The van der Waals surface area contributed by atoms with Gasteiger partial charge in [-0.2, -0.15) is 0 Å². The number of imidazole rings is 1. The van der Waals surface area contributed by atoms with Crippen molar-refractivity contribution in [3.63, 3.8) is 0 Å². The summed E-state index contributed by atoms with van der Waals surface area (Å²) in [6, 6.07) is 22.5. The molecule has 4 aromatic rings. The van der Waals surface area contributed by atoms with Crippen LogP contribution in [-0.2, 0) is 11.3 Å². The zero-order valence-electron chi connectivity index (χ0n) is 17.3. The summed E-state index contributed by atoms with van der Waals surface area (Å²) in [5.74, 6) is -0.206. The Hall–Kier alpha value is -3.48. The van der Waals surface area contributed by atoms with Crippen LogP contribution in [0.25, 0.3) is 33.5 Å². The first-order valence-electron chi connectivity index (χ1n) is 10.3. The molecule has 1 heterocycles. The molecule has 4 rings (SSSR count). The molecule has 0 saturated carbocycles. The van der Waals surface area contributed by atoms with Crippen LogP contribution in [-0.4, -0.2) is 38.8 Å². The van der Waals surface area contributed by atoms with Gasteiger partial charge in [0.25, 0.3) is 0 Å². The van der Waals surface area contributed by atoms with E-state index in [1.807, 2.05) is 42.5 Å². The van der Waals surface area contributed by atoms with E-state index in [2.05, 4.69) is 41.5 Å². The Balaban J connectivity index is 1.54. The highest BCUT2D eigenvalue weighted by molar-refractivity contribution is 5.88. The van der Waals surface area contributed by atoms with Gasteiger partial charge in [0.2, 0.25) is 0 Å². The van der Waals surface area contributed by atoms with E-state index in [0.29, 0.717) is 6.54 Å². The van der Waals surface area contributed by atoms with Gasteiger partial charge in [0.05, 0.1) is 23.6 Å².